The van der Waals surface area contributed by atoms with Crippen LogP contribution in [0.25, 0.3) is 0 Å². The Balaban J connectivity index is 2.14. The van der Waals surface area contributed by atoms with Gasteiger partial charge >= 0.3 is 0 Å². The van der Waals surface area contributed by atoms with Gasteiger partial charge < -0.3 is 10.1 Å². The molecule has 1 heterocycles. The minimum absolute atomic E-state index is 0.422. The smallest absolute Gasteiger partial charge is 0.137 e. The fraction of sp³-hybridized carbons (Fsp3) is 0.722. The number of pyridine rings is 1. The van der Waals surface area contributed by atoms with Crippen molar-refractivity contribution in [2.45, 2.75) is 64.3 Å². The van der Waals surface area contributed by atoms with Crippen molar-refractivity contribution in [3.8, 4) is 5.75 Å². The van der Waals surface area contributed by atoms with Crippen molar-refractivity contribution >= 4 is 0 Å². The minimum Gasteiger partial charge on any atom is -0.495 e. The maximum absolute atomic E-state index is 5.35. The van der Waals surface area contributed by atoms with E-state index in [9.17, 15) is 0 Å². The standard InChI is InChI=1S/C18H30N2O/c1-3-11-20-18(15-9-7-5-4-6-8-10-15)16-12-17(21-2)14-19-13-16/h12-15,18,20H,3-11H2,1-2H3. The maximum atomic E-state index is 5.35. The molecule has 2 rings (SSSR count). The van der Waals surface area contributed by atoms with Gasteiger partial charge in [0.15, 0.2) is 0 Å². The second-order valence-corrected chi connectivity index (χ2v) is 6.20. The topological polar surface area (TPSA) is 34.2 Å². The van der Waals surface area contributed by atoms with E-state index >= 15 is 0 Å². The highest BCUT2D eigenvalue weighted by Gasteiger charge is 2.23. The molecule has 0 spiro atoms. The van der Waals surface area contributed by atoms with Gasteiger partial charge in [0.05, 0.1) is 13.3 Å². The molecule has 1 unspecified atom stereocenters. The molecule has 1 atom stereocenters. The summed E-state index contributed by atoms with van der Waals surface area (Å²) in [6.45, 7) is 3.30. The van der Waals surface area contributed by atoms with Gasteiger partial charge in [-0.2, -0.15) is 0 Å². The van der Waals surface area contributed by atoms with Crippen molar-refractivity contribution in [1.29, 1.82) is 0 Å². The average Bonchev–Trinajstić information content (AvgIpc) is 2.49. The molecule has 1 aliphatic rings. The molecule has 3 heteroatoms. The number of aromatic nitrogens is 1. The van der Waals surface area contributed by atoms with Crippen LogP contribution in [0.1, 0.15) is 69.9 Å². The summed E-state index contributed by atoms with van der Waals surface area (Å²) in [5.41, 5.74) is 1.29. The van der Waals surface area contributed by atoms with Gasteiger partial charge in [-0.15, -0.1) is 0 Å². The van der Waals surface area contributed by atoms with E-state index in [1.54, 1.807) is 13.3 Å². The van der Waals surface area contributed by atoms with Gasteiger partial charge in [0.1, 0.15) is 5.75 Å². The third kappa shape index (κ3) is 4.99. The molecule has 1 aromatic rings. The summed E-state index contributed by atoms with van der Waals surface area (Å²) in [7, 11) is 1.71. The SMILES string of the molecule is CCCNC(c1cncc(OC)c1)C1CCCCCCC1. The number of hydrogen-bond donors (Lipinski definition) is 1. The molecular weight excluding hydrogens is 260 g/mol. The Labute approximate surface area is 129 Å². The van der Waals surface area contributed by atoms with E-state index < -0.39 is 0 Å². The molecule has 1 saturated carbocycles. The number of nitrogens with one attached hydrogen (secondary N) is 1. The summed E-state index contributed by atoms with van der Waals surface area (Å²) in [6.07, 6.45) is 14.6. The van der Waals surface area contributed by atoms with Crippen LogP contribution in [-0.4, -0.2) is 18.6 Å². The second kappa shape index (κ2) is 9.04. The summed E-state index contributed by atoms with van der Waals surface area (Å²) in [5.74, 6) is 1.59. The first kappa shape index (κ1) is 16.3. The average molecular weight is 290 g/mol. The van der Waals surface area contributed by atoms with Crippen LogP contribution in [0.4, 0.5) is 0 Å². The first-order valence-corrected chi connectivity index (χ1v) is 8.57. The Morgan fingerprint density at radius 2 is 1.90 bits per heavy atom. The van der Waals surface area contributed by atoms with Crippen LogP contribution in [0.15, 0.2) is 18.5 Å². The van der Waals surface area contributed by atoms with Crippen LogP contribution < -0.4 is 10.1 Å². The number of hydrogen-bond acceptors (Lipinski definition) is 3. The molecule has 1 aliphatic carbocycles. The van der Waals surface area contributed by atoms with E-state index in [2.05, 4.69) is 23.3 Å². The first-order chi connectivity index (χ1) is 10.3. The molecule has 3 nitrogen and oxygen atoms in total. The van der Waals surface area contributed by atoms with Gasteiger partial charge in [0.25, 0.3) is 0 Å². The van der Waals surface area contributed by atoms with Crippen LogP contribution in [0.5, 0.6) is 5.75 Å². The maximum Gasteiger partial charge on any atom is 0.137 e. The van der Waals surface area contributed by atoms with Gasteiger partial charge in [-0.25, -0.2) is 0 Å². The summed E-state index contributed by atoms with van der Waals surface area (Å²) in [5, 5.41) is 3.76. The molecule has 0 radical (unpaired) electrons. The monoisotopic (exact) mass is 290 g/mol. The summed E-state index contributed by atoms with van der Waals surface area (Å²) < 4.78 is 5.35. The molecule has 1 fully saturated rings. The molecular formula is C18H30N2O. The van der Waals surface area contributed by atoms with Crippen molar-refractivity contribution in [3.05, 3.63) is 24.0 Å². The summed E-state index contributed by atoms with van der Waals surface area (Å²) in [4.78, 5) is 4.36. The Morgan fingerprint density at radius 1 is 1.19 bits per heavy atom. The van der Waals surface area contributed by atoms with Crippen molar-refractivity contribution in [2.24, 2.45) is 5.92 Å². The Morgan fingerprint density at radius 3 is 2.57 bits per heavy atom. The fourth-order valence-electron chi connectivity index (χ4n) is 3.39. The quantitative estimate of drug-likeness (QED) is 0.838. The van der Waals surface area contributed by atoms with Gasteiger partial charge in [-0.1, -0.05) is 39.0 Å². The van der Waals surface area contributed by atoms with E-state index in [1.807, 2.05) is 6.20 Å². The predicted molar refractivity (Wildman–Crippen MR) is 87.6 cm³/mol. The van der Waals surface area contributed by atoms with Crippen molar-refractivity contribution in [2.75, 3.05) is 13.7 Å². The van der Waals surface area contributed by atoms with E-state index in [1.165, 1.54) is 56.9 Å². The number of methoxy groups -OCH3 is 1. The molecule has 118 valence electrons. The summed E-state index contributed by atoms with van der Waals surface area (Å²) in [6, 6.07) is 2.57. The predicted octanol–water partition coefficient (Wildman–Crippen LogP) is 4.49. The molecule has 1 aromatic heterocycles. The Hall–Kier alpha value is -1.09. The molecule has 21 heavy (non-hydrogen) atoms. The lowest BCUT2D eigenvalue weighted by Crippen LogP contribution is -2.29. The number of nitrogens with zero attached hydrogens (tertiary/aromatic N) is 1. The fourth-order valence-corrected chi connectivity index (χ4v) is 3.39. The van der Waals surface area contributed by atoms with Crippen LogP contribution in [0.2, 0.25) is 0 Å². The molecule has 0 aliphatic heterocycles. The second-order valence-electron chi connectivity index (χ2n) is 6.20. The third-order valence-electron chi connectivity index (χ3n) is 4.56. The van der Waals surface area contributed by atoms with Crippen LogP contribution in [0.3, 0.4) is 0 Å². The lowest BCUT2D eigenvalue weighted by atomic mass is 9.83. The summed E-state index contributed by atoms with van der Waals surface area (Å²) >= 11 is 0. The Bertz CT molecular complexity index is 400. The lowest BCUT2D eigenvalue weighted by Gasteiger charge is -2.30. The van der Waals surface area contributed by atoms with Gasteiger partial charge in [0.2, 0.25) is 0 Å². The van der Waals surface area contributed by atoms with Crippen LogP contribution in [0, 0.1) is 5.92 Å². The van der Waals surface area contributed by atoms with Crippen LogP contribution in [-0.2, 0) is 0 Å². The first-order valence-electron chi connectivity index (χ1n) is 8.57. The normalized spacial score (nSPS) is 18.8. The largest absolute Gasteiger partial charge is 0.495 e. The molecule has 0 aromatic carbocycles. The lowest BCUT2D eigenvalue weighted by molar-refractivity contribution is 0.287. The third-order valence-corrected chi connectivity index (χ3v) is 4.56. The van der Waals surface area contributed by atoms with E-state index in [4.69, 9.17) is 4.74 Å². The molecule has 0 amide bonds. The van der Waals surface area contributed by atoms with E-state index in [0.717, 1.165) is 18.2 Å². The highest BCUT2D eigenvalue weighted by Crippen LogP contribution is 2.33. The Kier molecular flexibility index (Phi) is 7.01. The zero-order valence-corrected chi connectivity index (χ0v) is 13.6. The number of ether oxygens (including phenoxy) is 1. The number of rotatable bonds is 6. The van der Waals surface area contributed by atoms with Crippen molar-refractivity contribution in [3.63, 3.8) is 0 Å². The molecule has 0 bridgehead atoms. The minimum atomic E-state index is 0.422. The van der Waals surface area contributed by atoms with Gasteiger partial charge in [-0.3, -0.25) is 4.98 Å². The zero-order valence-electron chi connectivity index (χ0n) is 13.6. The highest BCUT2D eigenvalue weighted by atomic mass is 16.5. The van der Waals surface area contributed by atoms with Gasteiger partial charge in [0, 0.05) is 12.2 Å². The zero-order chi connectivity index (χ0) is 14.9. The van der Waals surface area contributed by atoms with E-state index in [-0.39, 0.29) is 0 Å². The van der Waals surface area contributed by atoms with Crippen molar-refractivity contribution < 1.29 is 4.74 Å². The molecule has 1 N–H and O–H groups in total. The molecule has 0 saturated heterocycles. The highest BCUT2D eigenvalue weighted by molar-refractivity contribution is 5.26. The van der Waals surface area contributed by atoms with Crippen molar-refractivity contribution in [1.82, 2.24) is 10.3 Å². The van der Waals surface area contributed by atoms with E-state index in [0.29, 0.717) is 6.04 Å². The van der Waals surface area contributed by atoms with Gasteiger partial charge in [-0.05, 0) is 43.4 Å². The van der Waals surface area contributed by atoms with Crippen LogP contribution >= 0.6 is 0 Å².